The molecule has 1 aromatic heterocycles. The third kappa shape index (κ3) is 3.39. The lowest BCUT2D eigenvalue weighted by atomic mass is 10.2. The molecule has 0 amide bonds. The number of aliphatic carboxylic acids is 1. The molecule has 0 saturated carbocycles. The van der Waals surface area contributed by atoms with E-state index in [2.05, 4.69) is 4.98 Å². The summed E-state index contributed by atoms with van der Waals surface area (Å²) >= 11 is 0. The van der Waals surface area contributed by atoms with Crippen LogP contribution in [0.1, 0.15) is 24.6 Å². The highest BCUT2D eigenvalue weighted by Gasteiger charge is 1.92. The highest BCUT2D eigenvalue weighted by Crippen LogP contribution is 2.03. The highest BCUT2D eigenvalue weighted by molar-refractivity contribution is 5.70. The fourth-order valence-corrected chi connectivity index (χ4v) is 1.04. The Hall–Kier alpha value is -1.64. The molecule has 0 aliphatic carbocycles. The standard InChI is InChI=1S/C11H13NO2/c1-2-10-7-6-9(8-12-10)4-3-5-11(13)14/h3-4,6-8H,2,5H2,1H3,(H,13,14). The summed E-state index contributed by atoms with van der Waals surface area (Å²) in [5.74, 6) is -0.820. The Bertz CT molecular complexity index is 328. The summed E-state index contributed by atoms with van der Waals surface area (Å²) in [4.78, 5) is 14.4. The number of aryl methyl sites for hydroxylation is 1. The van der Waals surface area contributed by atoms with Gasteiger partial charge in [0.2, 0.25) is 0 Å². The maximum Gasteiger partial charge on any atom is 0.307 e. The molecule has 0 aromatic carbocycles. The molecule has 0 unspecified atom stereocenters. The van der Waals surface area contributed by atoms with E-state index in [9.17, 15) is 4.79 Å². The Kier molecular flexibility index (Phi) is 3.85. The van der Waals surface area contributed by atoms with Crippen LogP contribution in [-0.4, -0.2) is 16.1 Å². The average Bonchev–Trinajstić information content (AvgIpc) is 2.18. The van der Waals surface area contributed by atoms with Gasteiger partial charge in [-0.15, -0.1) is 0 Å². The van der Waals surface area contributed by atoms with Crippen LogP contribution >= 0.6 is 0 Å². The first-order valence-corrected chi connectivity index (χ1v) is 4.55. The zero-order chi connectivity index (χ0) is 10.4. The molecule has 0 bridgehead atoms. The second-order valence-corrected chi connectivity index (χ2v) is 2.94. The smallest absolute Gasteiger partial charge is 0.307 e. The lowest BCUT2D eigenvalue weighted by Gasteiger charge is -1.95. The van der Waals surface area contributed by atoms with Crippen LogP contribution in [-0.2, 0) is 11.2 Å². The van der Waals surface area contributed by atoms with Gasteiger partial charge in [0.1, 0.15) is 0 Å². The van der Waals surface area contributed by atoms with E-state index in [4.69, 9.17) is 5.11 Å². The van der Waals surface area contributed by atoms with E-state index in [-0.39, 0.29) is 6.42 Å². The van der Waals surface area contributed by atoms with Gasteiger partial charge in [0.05, 0.1) is 6.42 Å². The van der Waals surface area contributed by atoms with Crippen molar-refractivity contribution in [1.82, 2.24) is 4.98 Å². The third-order valence-electron chi connectivity index (χ3n) is 1.81. The minimum absolute atomic E-state index is 0.0511. The molecular weight excluding hydrogens is 178 g/mol. The summed E-state index contributed by atoms with van der Waals surface area (Å²) in [6.45, 7) is 2.04. The molecule has 3 heteroatoms. The lowest BCUT2D eigenvalue weighted by Crippen LogP contribution is -1.90. The molecule has 0 saturated heterocycles. The molecule has 0 fully saturated rings. The summed E-state index contributed by atoms with van der Waals surface area (Å²) in [6, 6.07) is 3.88. The van der Waals surface area contributed by atoms with Crippen LogP contribution in [0, 0.1) is 0 Å². The number of carbonyl (C=O) groups is 1. The van der Waals surface area contributed by atoms with Gasteiger partial charge in [0, 0.05) is 11.9 Å². The van der Waals surface area contributed by atoms with Crippen molar-refractivity contribution in [1.29, 1.82) is 0 Å². The number of carboxylic acids is 1. The summed E-state index contributed by atoms with van der Waals surface area (Å²) in [6.07, 6.45) is 6.09. The average molecular weight is 191 g/mol. The van der Waals surface area contributed by atoms with Crippen molar-refractivity contribution < 1.29 is 9.90 Å². The summed E-state index contributed by atoms with van der Waals surface area (Å²) in [7, 11) is 0. The van der Waals surface area contributed by atoms with Gasteiger partial charge in [-0.2, -0.15) is 0 Å². The first-order valence-electron chi connectivity index (χ1n) is 4.55. The number of hydrogen-bond donors (Lipinski definition) is 1. The summed E-state index contributed by atoms with van der Waals surface area (Å²) in [5, 5.41) is 8.41. The van der Waals surface area contributed by atoms with E-state index in [1.807, 2.05) is 19.1 Å². The van der Waals surface area contributed by atoms with Crippen molar-refractivity contribution >= 4 is 12.0 Å². The predicted octanol–water partition coefficient (Wildman–Crippen LogP) is 2.13. The van der Waals surface area contributed by atoms with Crippen LogP contribution in [0.3, 0.4) is 0 Å². The first-order chi connectivity index (χ1) is 6.72. The van der Waals surface area contributed by atoms with Gasteiger partial charge < -0.3 is 5.11 Å². The Morgan fingerprint density at radius 2 is 2.36 bits per heavy atom. The summed E-state index contributed by atoms with van der Waals surface area (Å²) in [5.41, 5.74) is 1.98. The largest absolute Gasteiger partial charge is 0.481 e. The van der Waals surface area contributed by atoms with Crippen molar-refractivity contribution in [3.63, 3.8) is 0 Å². The number of nitrogens with zero attached hydrogens (tertiary/aromatic N) is 1. The van der Waals surface area contributed by atoms with Crippen molar-refractivity contribution in [3.05, 3.63) is 35.7 Å². The quantitative estimate of drug-likeness (QED) is 0.793. The Balaban J connectivity index is 2.59. The minimum atomic E-state index is -0.820. The van der Waals surface area contributed by atoms with Crippen molar-refractivity contribution in [2.45, 2.75) is 19.8 Å². The first kappa shape index (κ1) is 10.4. The molecule has 74 valence electrons. The monoisotopic (exact) mass is 191 g/mol. The second-order valence-electron chi connectivity index (χ2n) is 2.94. The van der Waals surface area contributed by atoms with Gasteiger partial charge in [-0.25, -0.2) is 0 Å². The molecule has 0 atom stereocenters. The van der Waals surface area contributed by atoms with E-state index < -0.39 is 5.97 Å². The third-order valence-corrected chi connectivity index (χ3v) is 1.81. The SMILES string of the molecule is CCc1ccc(C=CCC(=O)O)cn1. The Morgan fingerprint density at radius 1 is 1.57 bits per heavy atom. The van der Waals surface area contributed by atoms with E-state index in [0.717, 1.165) is 17.7 Å². The van der Waals surface area contributed by atoms with Crippen LogP contribution in [0.25, 0.3) is 6.08 Å². The lowest BCUT2D eigenvalue weighted by molar-refractivity contribution is -0.135. The zero-order valence-electron chi connectivity index (χ0n) is 8.10. The Labute approximate surface area is 83.1 Å². The molecule has 0 spiro atoms. The van der Waals surface area contributed by atoms with E-state index in [0.29, 0.717) is 0 Å². The number of carboxylic acid groups (broad SMARTS) is 1. The van der Waals surface area contributed by atoms with Crippen LogP contribution in [0.5, 0.6) is 0 Å². The molecule has 1 N–H and O–H groups in total. The normalized spacial score (nSPS) is 10.6. The van der Waals surface area contributed by atoms with Crippen LogP contribution < -0.4 is 0 Å². The molecular formula is C11H13NO2. The molecule has 0 radical (unpaired) electrons. The number of pyridine rings is 1. The molecule has 0 aliphatic heterocycles. The van der Waals surface area contributed by atoms with Gasteiger partial charge in [0.15, 0.2) is 0 Å². The molecule has 1 aromatic rings. The molecule has 1 rings (SSSR count). The molecule has 1 heterocycles. The maximum absolute atomic E-state index is 10.2. The number of hydrogen-bond acceptors (Lipinski definition) is 2. The minimum Gasteiger partial charge on any atom is -0.481 e. The molecule has 14 heavy (non-hydrogen) atoms. The predicted molar refractivity (Wildman–Crippen MR) is 54.9 cm³/mol. The van der Waals surface area contributed by atoms with Gasteiger partial charge in [-0.05, 0) is 18.1 Å². The fraction of sp³-hybridized carbons (Fsp3) is 0.273. The van der Waals surface area contributed by atoms with Gasteiger partial charge >= 0.3 is 5.97 Å². The van der Waals surface area contributed by atoms with Crippen LogP contribution in [0.2, 0.25) is 0 Å². The van der Waals surface area contributed by atoms with Crippen molar-refractivity contribution in [3.8, 4) is 0 Å². The summed E-state index contributed by atoms with van der Waals surface area (Å²) < 4.78 is 0. The Morgan fingerprint density at radius 3 is 2.86 bits per heavy atom. The van der Waals surface area contributed by atoms with Crippen LogP contribution in [0.15, 0.2) is 24.4 Å². The molecule has 3 nitrogen and oxygen atoms in total. The van der Waals surface area contributed by atoms with E-state index in [1.54, 1.807) is 18.3 Å². The van der Waals surface area contributed by atoms with Crippen LogP contribution in [0.4, 0.5) is 0 Å². The zero-order valence-corrected chi connectivity index (χ0v) is 8.10. The topological polar surface area (TPSA) is 50.2 Å². The van der Waals surface area contributed by atoms with Gasteiger partial charge in [-0.3, -0.25) is 9.78 Å². The highest BCUT2D eigenvalue weighted by atomic mass is 16.4. The maximum atomic E-state index is 10.2. The van der Waals surface area contributed by atoms with Crippen molar-refractivity contribution in [2.24, 2.45) is 0 Å². The van der Waals surface area contributed by atoms with E-state index >= 15 is 0 Å². The number of rotatable bonds is 4. The van der Waals surface area contributed by atoms with Gasteiger partial charge in [0.25, 0.3) is 0 Å². The van der Waals surface area contributed by atoms with Crippen molar-refractivity contribution in [2.75, 3.05) is 0 Å². The fourth-order valence-electron chi connectivity index (χ4n) is 1.04. The van der Waals surface area contributed by atoms with E-state index in [1.165, 1.54) is 0 Å². The number of aromatic nitrogens is 1. The van der Waals surface area contributed by atoms with Gasteiger partial charge in [-0.1, -0.05) is 25.1 Å². The second kappa shape index (κ2) is 5.17. The molecule has 0 aliphatic rings.